The average Bonchev–Trinajstić information content (AvgIpc) is 2.79. The van der Waals surface area contributed by atoms with E-state index in [0.717, 1.165) is 6.42 Å². The summed E-state index contributed by atoms with van der Waals surface area (Å²) in [7, 11) is 2.13. The molecule has 0 radical (unpaired) electrons. The minimum Gasteiger partial charge on any atom is -0.200 e. The van der Waals surface area contributed by atoms with Crippen molar-refractivity contribution in [2.24, 2.45) is 7.05 Å². The van der Waals surface area contributed by atoms with E-state index in [1.165, 1.54) is 39.1 Å². The van der Waals surface area contributed by atoms with Crippen molar-refractivity contribution in [1.82, 2.24) is 0 Å². The Morgan fingerprint density at radius 3 is 1.93 bits per heavy atom. The van der Waals surface area contributed by atoms with Crippen molar-refractivity contribution in [1.29, 1.82) is 0 Å². The van der Waals surface area contributed by atoms with Crippen molar-refractivity contribution in [3.05, 3.63) is 114 Å². The van der Waals surface area contributed by atoms with Gasteiger partial charge in [0.2, 0.25) is 5.69 Å². The van der Waals surface area contributed by atoms with Crippen LogP contribution in [0.1, 0.15) is 23.6 Å². The molecule has 0 bridgehead atoms. The molecule has 0 fully saturated rings. The second kappa shape index (κ2) is 8.70. The Bertz CT molecular complexity index is 1110. The van der Waals surface area contributed by atoms with Crippen LogP contribution >= 0.6 is 0 Å². The van der Waals surface area contributed by atoms with Crippen LogP contribution in [0, 0.1) is 0 Å². The fraction of sp³-hybridized carbons (Fsp3) is 0.107. The van der Waals surface area contributed by atoms with Gasteiger partial charge in [0.1, 0.15) is 7.05 Å². The van der Waals surface area contributed by atoms with Crippen molar-refractivity contribution >= 4 is 12.2 Å². The molecule has 1 aromatic heterocycles. The first-order valence-electron chi connectivity index (χ1n) is 10.2. The molecule has 0 aliphatic rings. The largest absolute Gasteiger partial charge is 0.219 e. The minimum absolute atomic E-state index is 1.07. The first kappa shape index (κ1) is 18.9. The third-order valence-electron chi connectivity index (χ3n) is 5.27. The molecule has 3 aromatic carbocycles. The fourth-order valence-electron chi connectivity index (χ4n) is 3.68. The summed E-state index contributed by atoms with van der Waals surface area (Å²) >= 11 is 0. The van der Waals surface area contributed by atoms with Crippen molar-refractivity contribution in [2.45, 2.75) is 13.3 Å². The number of rotatable bonds is 5. The van der Waals surface area contributed by atoms with E-state index in [0.29, 0.717) is 0 Å². The third kappa shape index (κ3) is 4.35. The molecule has 0 aliphatic heterocycles. The Balaban J connectivity index is 1.82. The molecule has 4 rings (SSSR count). The van der Waals surface area contributed by atoms with Crippen LogP contribution in [0.25, 0.3) is 34.5 Å². The maximum absolute atomic E-state index is 2.29. The zero-order chi connectivity index (χ0) is 20.1. The molecular weight excluding hydrogens is 350 g/mol. The number of aryl methyl sites for hydroxylation is 2. The molecule has 0 saturated carbocycles. The van der Waals surface area contributed by atoms with Crippen LogP contribution in [0.5, 0.6) is 0 Å². The van der Waals surface area contributed by atoms with Crippen LogP contribution in [0.4, 0.5) is 0 Å². The number of hydrogen-bond acceptors (Lipinski definition) is 0. The normalized spacial score (nSPS) is 11.1. The molecule has 0 saturated heterocycles. The van der Waals surface area contributed by atoms with Gasteiger partial charge < -0.3 is 0 Å². The highest BCUT2D eigenvalue weighted by Gasteiger charge is 2.17. The minimum atomic E-state index is 1.07. The van der Waals surface area contributed by atoms with Gasteiger partial charge in [-0.25, -0.2) is 0 Å². The number of aromatic nitrogens is 1. The van der Waals surface area contributed by atoms with E-state index in [-0.39, 0.29) is 0 Å². The molecule has 0 spiro atoms. The molecule has 0 N–H and O–H groups in total. The predicted molar refractivity (Wildman–Crippen MR) is 123 cm³/mol. The Hall–Kier alpha value is -3.45. The van der Waals surface area contributed by atoms with Gasteiger partial charge in [0.25, 0.3) is 0 Å². The van der Waals surface area contributed by atoms with Gasteiger partial charge in [-0.2, -0.15) is 4.57 Å². The summed E-state index contributed by atoms with van der Waals surface area (Å²) in [5.74, 6) is 0. The van der Waals surface area contributed by atoms with Crippen LogP contribution in [0.15, 0.2) is 97.2 Å². The number of hydrogen-bond donors (Lipinski definition) is 0. The maximum Gasteiger partial charge on any atom is 0.219 e. The molecule has 1 nitrogen and oxygen atoms in total. The van der Waals surface area contributed by atoms with Crippen LogP contribution in [0.3, 0.4) is 0 Å². The predicted octanol–water partition coefficient (Wildman–Crippen LogP) is 6.58. The summed E-state index contributed by atoms with van der Waals surface area (Å²) in [6.07, 6.45) is 7.72. The van der Waals surface area contributed by atoms with Gasteiger partial charge in [-0.3, -0.25) is 0 Å². The molecule has 4 aromatic rings. The monoisotopic (exact) mass is 376 g/mol. The van der Waals surface area contributed by atoms with Gasteiger partial charge in [0.15, 0.2) is 6.20 Å². The van der Waals surface area contributed by atoms with E-state index in [1.54, 1.807) is 0 Å². The number of benzene rings is 3. The highest BCUT2D eigenvalue weighted by molar-refractivity contribution is 5.80. The summed E-state index contributed by atoms with van der Waals surface area (Å²) in [4.78, 5) is 0. The Labute approximate surface area is 173 Å². The van der Waals surface area contributed by atoms with E-state index in [1.807, 2.05) is 0 Å². The van der Waals surface area contributed by atoms with Crippen LogP contribution < -0.4 is 4.57 Å². The summed E-state index contributed by atoms with van der Waals surface area (Å²) in [5.41, 5.74) is 8.67. The van der Waals surface area contributed by atoms with Crippen LogP contribution in [0.2, 0.25) is 0 Å². The summed E-state index contributed by atoms with van der Waals surface area (Å²) in [6, 6.07) is 32.2. The van der Waals surface area contributed by atoms with Crippen LogP contribution in [-0.2, 0) is 13.5 Å². The van der Waals surface area contributed by atoms with Gasteiger partial charge in [-0.1, -0.05) is 85.8 Å². The molecule has 1 heteroatoms. The van der Waals surface area contributed by atoms with Gasteiger partial charge >= 0.3 is 0 Å². The molecule has 1 heterocycles. The third-order valence-corrected chi connectivity index (χ3v) is 5.27. The second-order valence-electron chi connectivity index (χ2n) is 7.30. The van der Waals surface area contributed by atoms with Gasteiger partial charge in [0.05, 0.1) is 0 Å². The van der Waals surface area contributed by atoms with Gasteiger partial charge in [0, 0.05) is 16.7 Å². The van der Waals surface area contributed by atoms with E-state index in [2.05, 4.69) is 128 Å². The lowest BCUT2D eigenvalue weighted by Crippen LogP contribution is -2.31. The standard InChI is InChI=1S/C28H26N/c1-3-22-14-16-23(17-15-22)18-19-26-20-27(24-10-6-4-7-11-24)21-29(2)28(26)25-12-8-5-9-13-25/h4-21H,3H2,1-2H3/q+1/b19-18+. The molecule has 0 aliphatic carbocycles. The summed E-state index contributed by atoms with van der Waals surface area (Å²) in [6.45, 7) is 2.19. The molecule has 142 valence electrons. The zero-order valence-electron chi connectivity index (χ0n) is 17.0. The highest BCUT2D eigenvalue weighted by atomic mass is 14.9. The van der Waals surface area contributed by atoms with Crippen molar-refractivity contribution in [2.75, 3.05) is 0 Å². The lowest BCUT2D eigenvalue weighted by molar-refractivity contribution is -0.660. The number of pyridine rings is 1. The van der Waals surface area contributed by atoms with E-state index < -0.39 is 0 Å². The van der Waals surface area contributed by atoms with E-state index in [9.17, 15) is 0 Å². The van der Waals surface area contributed by atoms with Crippen molar-refractivity contribution < 1.29 is 4.57 Å². The second-order valence-corrected chi connectivity index (χ2v) is 7.30. The Morgan fingerprint density at radius 2 is 1.31 bits per heavy atom. The lowest BCUT2D eigenvalue weighted by Gasteiger charge is -2.08. The molecular formula is C28H26N+. The average molecular weight is 377 g/mol. The Kier molecular flexibility index (Phi) is 5.67. The van der Waals surface area contributed by atoms with E-state index >= 15 is 0 Å². The van der Waals surface area contributed by atoms with E-state index in [4.69, 9.17) is 0 Å². The highest BCUT2D eigenvalue weighted by Crippen LogP contribution is 2.27. The quantitative estimate of drug-likeness (QED) is 0.346. The summed E-state index contributed by atoms with van der Waals surface area (Å²) in [5, 5.41) is 0. The van der Waals surface area contributed by atoms with Crippen molar-refractivity contribution in [3.63, 3.8) is 0 Å². The summed E-state index contributed by atoms with van der Waals surface area (Å²) < 4.78 is 2.23. The first-order chi connectivity index (χ1) is 14.2. The maximum atomic E-state index is 2.29. The molecule has 0 unspecified atom stereocenters. The number of nitrogens with zero attached hydrogens (tertiary/aromatic N) is 1. The fourth-order valence-corrected chi connectivity index (χ4v) is 3.68. The smallest absolute Gasteiger partial charge is 0.200 e. The lowest BCUT2D eigenvalue weighted by atomic mass is 9.99. The van der Waals surface area contributed by atoms with Gasteiger partial charge in [-0.05, 0) is 47.4 Å². The van der Waals surface area contributed by atoms with Crippen LogP contribution in [-0.4, -0.2) is 0 Å². The van der Waals surface area contributed by atoms with Crippen molar-refractivity contribution in [3.8, 4) is 22.4 Å². The SMILES string of the molecule is CCc1ccc(/C=C/c2cc(-c3ccccc3)c[n+](C)c2-c2ccccc2)cc1. The molecule has 0 atom stereocenters. The first-order valence-corrected chi connectivity index (χ1v) is 10.2. The zero-order valence-corrected chi connectivity index (χ0v) is 17.0. The van der Waals surface area contributed by atoms with Gasteiger partial charge in [-0.15, -0.1) is 0 Å². The molecule has 0 amide bonds. The molecule has 29 heavy (non-hydrogen) atoms. The Morgan fingerprint density at radius 1 is 0.690 bits per heavy atom. The topological polar surface area (TPSA) is 3.88 Å².